The molecule has 0 aliphatic heterocycles. The van der Waals surface area contributed by atoms with Gasteiger partial charge in [-0.25, -0.2) is 0 Å². The first-order valence-electron chi connectivity index (χ1n) is 6.19. The van der Waals surface area contributed by atoms with Crippen molar-refractivity contribution in [1.82, 2.24) is 5.32 Å². The predicted octanol–water partition coefficient (Wildman–Crippen LogP) is 3.27. The Labute approximate surface area is 113 Å². The van der Waals surface area contributed by atoms with Gasteiger partial charge in [-0.2, -0.15) is 0 Å². The van der Waals surface area contributed by atoms with Crippen molar-refractivity contribution in [1.29, 1.82) is 0 Å². The van der Waals surface area contributed by atoms with E-state index in [0.29, 0.717) is 23.2 Å². The first-order valence-corrected chi connectivity index (χ1v) is 6.57. The van der Waals surface area contributed by atoms with Crippen LogP contribution in [0.25, 0.3) is 0 Å². The molecule has 1 N–H and O–H groups in total. The lowest BCUT2D eigenvalue weighted by atomic mass is 10.1. The van der Waals surface area contributed by atoms with Crippen molar-refractivity contribution in [2.75, 3.05) is 6.54 Å². The van der Waals surface area contributed by atoms with E-state index in [9.17, 15) is 4.79 Å². The smallest absolute Gasteiger partial charge is 0.260 e. The Balaban J connectivity index is 2.43. The number of carbonyl (C=O) groups is 1. The van der Waals surface area contributed by atoms with Gasteiger partial charge in [0.05, 0.1) is 5.02 Å². The van der Waals surface area contributed by atoms with E-state index in [1.165, 1.54) is 0 Å². The van der Waals surface area contributed by atoms with Gasteiger partial charge in [0.2, 0.25) is 0 Å². The van der Waals surface area contributed by atoms with Crippen molar-refractivity contribution in [3.8, 4) is 5.75 Å². The van der Waals surface area contributed by atoms with Gasteiger partial charge in [-0.3, -0.25) is 4.79 Å². The fourth-order valence-electron chi connectivity index (χ4n) is 1.41. The standard InChI is InChI=1S/C14H20ClNO2/c1-10(2)8-9-16-14(17)11(3)18-13-7-5-4-6-12(13)15/h4-7,10-11H,8-9H2,1-3H3,(H,16,17)/t11-/m1/s1. The average Bonchev–Trinajstić information content (AvgIpc) is 2.31. The van der Waals surface area contributed by atoms with Gasteiger partial charge >= 0.3 is 0 Å². The molecule has 100 valence electrons. The van der Waals surface area contributed by atoms with E-state index in [4.69, 9.17) is 16.3 Å². The predicted molar refractivity (Wildman–Crippen MR) is 74.0 cm³/mol. The van der Waals surface area contributed by atoms with Crippen LogP contribution >= 0.6 is 11.6 Å². The first-order chi connectivity index (χ1) is 8.50. The number of para-hydroxylation sites is 1. The Morgan fingerprint density at radius 3 is 2.61 bits per heavy atom. The summed E-state index contributed by atoms with van der Waals surface area (Å²) in [4.78, 5) is 11.8. The molecule has 3 nitrogen and oxygen atoms in total. The van der Waals surface area contributed by atoms with Crippen molar-refractivity contribution in [3.05, 3.63) is 29.3 Å². The Kier molecular flexibility index (Phi) is 5.99. The average molecular weight is 270 g/mol. The van der Waals surface area contributed by atoms with Crippen LogP contribution in [0.3, 0.4) is 0 Å². The second-order valence-electron chi connectivity index (χ2n) is 4.66. The molecule has 0 aliphatic rings. The van der Waals surface area contributed by atoms with Gasteiger partial charge in [-0.1, -0.05) is 37.6 Å². The summed E-state index contributed by atoms with van der Waals surface area (Å²) in [7, 11) is 0. The molecular weight excluding hydrogens is 250 g/mol. The molecule has 0 heterocycles. The highest BCUT2D eigenvalue weighted by molar-refractivity contribution is 6.32. The molecule has 1 rings (SSSR count). The van der Waals surface area contributed by atoms with Crippen LogP contribution in [0, 0.1) is 5.92 Å². The van der Waals surface area contributed by atoms with E-state index in [1.807, 2.05) is 12.1 Å². The minimum atomic E-state index is -0.544. The van der Waals surface area contributed by atoms with Crippen LogP contribution < -0.4 is 10.1 Å². The zero-order valence-corrected chi connectivity index (χ0v) is 11.8. The van der Waals surface area contributed by atoms with Gasteiger partial charge in [-0.15, -0.1) is 0 Å². The van der Waals surface area contributed by atoms with Gasteiger partial charge < -0.3 is 10.1 Å². The van der Waals surface area contributed by atoms with Crippen LogP contribution in [0.5, 0.6) is 5.75 Å². The van der Waals surface area contributed by atoms with E-state index in [-0.39, 0.29) is 5.91 Å². The highest BCUT2D eigenvalue weighted by atomic mass is 35.5. The summed E-state index contributed by atoms with van der Waals surface area (Å²) in [5, 5.41) is 3.36. The highest BCUT2D eigenvalue weighted by Gasteiger charge is 2.15. The number of halogens is 1. The molecular formula is C14H20ClNO2. The molecule has 0 aromatic heterocycles. The molecule has 0 saturated carbocycles. The van der Waals surface area contributed by atoms with Crippen molar-refractivity contribution >= 4 is 17.5 Å². The maximum Gasteiger partial charge on any atom is 0.260 e. The SMILES string of the molecule is CC(C)CCNC(=O)[C@@H](C)Oc1ccccc1Cl. The van der Waals surface area contributed by atoms with Crippen molar-refractivity contribution in [2.24, 2.45) is 5.92 Å². The zero-order valence-electron chi connectivity index (χ0n) is 11.1. The van der Waals surface area contributed by atoms with Crippen LogP contribution in [-0.4, -0.2) is 18.6 Å². The lowest BCUT2D eigenvalue weighted by Gasteiger charge is -2.15. The molecule has 0 fully saturated rings. The van der Waals surface area contributed by atoms with Gasteiger partial charge in [0, 0.05) is 6.54 Å². The number of hydrogen-bond donors (Lipinski definition) is 1. The maximum absolute atomic E-state index is 11.8. The van der Waals surface area contributed by atoms with E-state index in [2.05, 4.69) is 19.2 Å². The Morgan fingerprint density at radius 2 is 2.00 bits per heavy atom. The highest BCUT2D eigenvalue weighted by Crippen LogP contribution is 2.24. The fourth-order valence-corrected chi connectivity index (χ4v) is 1.59. The third-order valence-electron chi connectivity index (χ3n) is 2.53. The summed E-state index contributed by atoms with van der Waals surface area (Å²) < 4.78 is 5.52. The van der Waals surface area contributed by atoms with Gasteiger partial charge in [0.25, 0.3) is 5.91 Å². The summed E-state index contributed by atoms with van der Waals surface area (Å²) in [6, 6.07) is 7.13. The molecule has 1 aromatic carbocycles. The molecule has 0 spiro atoms. The largest absolute Gasteiger partial charge is 0.479 e. The summed E-state index contributed by atoms with van der Waals surface area (Å²) in [5.41, 5.74) is 0. The maximum atomic E-state index is 11.8. The topological polar surface area (TPSA) is 38.3 Å². The Morgan fingerprint density at radius 1 is 1.33 bits per heavy atom. The van der Waals surface area contributed by atoms with Crippen LogP contribution in [0.4, 0.5) is 0 Å². The lowest BCUT2D eigenvalue weighted by Crippen LogP contribution is -2.37. The molecule has 0 unspecified atom stereocenters. The summed E-state index contributed by atoms with van der Waals surface area (Å²) in [5.74, 6) is 0.992. The number of nitrogens with one attached hydrogen (secondary N) is 1. The number of hydrogen-bond acceptors (Lipinski definition) is 2. The Hall–Kier alpha value is -1.22. The number of amides is 1. The Bertz CT molecular complexity index is 393. The van der Waals surface area contributed by atoms with Gasteiger partial charge in [0.15, 0.2) is 6.10 Å². The number of carbonyl (C=O) groups excluding carboxylic acids is 1. The molecule has 0 radical (unpaired) electrons. The first kappa shape index (κ1) is 14.8. The number of benzene rings is 1. The number of rotatable bonds is 6. The van der Waals surface area contributed by atoms with Crippen molar-refractivity contribution in [2.45, 2.75) is 33.3 Å². The normalized spacial score (nSPS) is 12.3. The summed E-state index contributed by atoms with van der Waals surface area (Å²) >= 11 is 5.96. The molecule has 0 aliphatic carbocycles. The van der Waals surface area contributed by atoms with Crippen molar-refractivity contribution < 1.29 is 9.53 Å². The molecule has 4 heteroatoms. The van der Waals surface area contributed by atoms with E-state index in [1.54, 1.807) is 19.1 Å². The number of ether oxygens (including phenoxy) is 1. The van der Waals surface area contributed by atoms with Gasteiger partial charge in [-0.05, 0) is 31.4 Å². The zero-order chi connectivity index (χ0) is 13.5. The van der Waals surface area contributed by atoms with E-state index >= 15 is 0 Å². The van der Waals surface area contributed by atoms with E-state index < -0.39 is 6.10 Å². The molecule has 0 saturated heterocycles. The van der Waals surface area contributed by atoms with Crippen LogP contribution in [0.15, 0.2) is 24.3 Å². The third kappa shape index (κ3) is 4.96. The third-order valence-corrected chi connectivity index (χ3v) is 2.84. The molecule has 1 aromatic rings. The molecule has 1 atom stereocenters. The van der Waals surface area contributed by atoms with Crippen LogP contribution in [-0.2, 0) is 4.79 Å². The minimum Gasteiger partial charge on any atom is -0.479 e. The van der Waals surface area contributed by atoms with Gasteiger partial charge in [0.1, 0.15) is 5.75 Å². The minimum absolute atomic E-state index is 0.115. The van der Waals surface area contributed by atoms with Crippen molar-refractivity contribution in [3.63, 3.8) is 0 Å². The van der Waals surface area contributed by atoms with Crippen LogP contribution in [0.2, 0.25) is 5.02 Å². The second-order valence-corrected chi connectivity index (χ2v) is 5.07. The summed E-state index contributed by atoms with van der Waals surface area (Å²) in [6.07, 6.45) is 0.418. The summed E-state index contributed by atoms with van der Waals surface area (Å²) in [6.45, 7) is 6.63. The lowest BCUT2D eigenvalue weighted by molar-refractivity contribution is -0.127. The fraction of sp³-hybridized carbons (Fsp3) is 0.500. The quantitative estimate of drug-likeness (QED) is 0.861. The van der Waals surface area contributed by atoms with E-state index in [0.717, 1.165) is 6.42 Å². The molecule has 0 bridgehead atoms. The molecule has 1 amide bonds. The monoisotopic (exact) mass is 269 g/mol. The second kappa shape index (κ2) is 7.27. The van der Waals surface area contributed by atoms with Crippen LogP contribution in [0.1, 0.15) is 27.2 Å². The molecule has 18 heavy (non-hydrogen) atoms.